The van der Waals surface area contributed by atoms with Gasteiger partial charge in [-0.3, -0.25) is 9.78 Å². The van der Waals surface area contributed by atoms with Gasteiger partial charge in [0.25, 0.3) is 0 Å². The van der Waals surface area contributed by atoms with Crippen LogP contribution in [0.4, 0.5) is 4.79 Å². The first-order valence-electron chi connectivity index (χ1n) is 14.5. The Morgan fingerprint density at radius 2 is 1.41 bits per heavy atom. The zero-order valence-electron chi connectivity index (χ0n) is 23.9. The number of ether oxygens (including phenoxy) is 1. The predicted octanol–water partition coefficient (Wildman–Crippen LogP) is 6.68. The Morgan fingerprint density at radius 3 is 1.92 bits per heavy atom. The van der Waals surface area contributed by atoms with Crippen molar-refractivity contribution in [2.75, 3.05) is 6.61 Å². The van der Waals surface area contributed by atoms with Crippen molar-refractivity contribution in [3.8, 4) is 0 Å². The molecule has 7 heteroatoms. The number of nitrogens with zero attached hydrogens (tertiary/aromatic N) is 1. The van der Waals surface area contributed by atoms with Gasteiger partial charge in [0.1, 0.15) is 6.61 Å². The maximum Gasteiger partial charge on any atom is 0.407 e. The molecule has 0 aliphatic heterocycles. The van der Waals surface area contributed by atoms with Crippen LogP contribution >= 0.6 is 0 Å². The summed E-state index contributed by atoms with van der Waals surface area (Å²) < 4.78 is 5.34. The summed E-state index contributed by atoms with van der Waals surface area (Å²) in [5.41, 5.74) is 0.309. The van der Waals surface area contributed by atoms with Crippen LogP contribution in [0.25, 0.3) is 0 Å². The number of pyridine rings is 1. The third kappa shape index (κ3) is 17.1. The fourth-order valence-corrected chi connectivity index (χ4v) is 4.10. The van der Waals surface area contributed by atoms with Gasteiger partial charge in [0, 0.05) is 24.4 Å². The average molecular weight is 520 g/mol. The second-order valence-corrected chi connectivity index (χ2v) is 11.2. The van der Waals surface area contributed by atoms with Crippen molar-refractivity contribution in [3.05, 3.63) is 30.1 Å². The van der Waals surface area contributed by atoms with Crippen LogP contribution in [0, 0.1) is 5.41 Å². The number of nitrogens with one attached hydrogen (secondary N) is 2. The molecule has 37 heavy (non-hydrogen) atoms. The van der Waals surface area contributed by atoms with Crippen LogP contribution in [0.15, 0.2) is 24.5 Å². The molecule has 1 rings (SSSR count). The number of aromatic nitrogens is 1. The quantitative estimate of drug-likeness (QED) is 0.167. The van der Waals surface area contributed by atoms with Crippen molar-refractivity contribution in [2.24, 2.45) is 5.41 Å². The minimum atomic E-state index is -0.771. The zero-order chi connectivity index (χ0) is 27.4. The number of rotatable bonds is 20. The molecule has 0 unspecified atom stereocenters. The Kier molecular flexibility index (Phi) is 17.7. The molecule has 1 heterocycles. The number of aliphatic hydroxyl groups excluding tert-OH is 1. The van der Waals surface area contributed by atoms with E-state index >= 15 is 0 Å². The van der Waals surface area contributed by atoms with Crippen LogP contribution in [0.1, 0.15) is 123 Å². The molecule has 0 saturated carbocycles. The highest BCUT2D eigenvalue weighted by Crippen LogP contribution is 2.16. The second kappa shape index (κ2) is 19.9. The largest absolute Gasteiger partial charge is 0.447 e. The van der Waals surface area contributed by atoms with Gasteiger partial charge in [-0.05, 0) is 24.1 Å². The third-order valence-electron chi connectivity index (χ3n) is 6.65. The molecule has 0 spiro atoms. The minimum absolute atomic E-state index is 0.0798. The van der Waals surface area contributed by atoms with Gasteiger partial charge in [-0.1, -0.05) is 111 Å². The summed E-state index contributed by atoms with van der Waals surface area (Å²) in [4.78, 5) is 28.7. The SMILES string of the molecule is CCCCCCCCCCCCCCC[C@H](O)[C@H](COC(=O)NCc1ccncc1)NC(=O)C(C)(C)C. The average Bonchev–Trinajstić information content (AvgIpc) is 2.87. The zero-order valence-corrected chi connectivity index (χ0v) is 23.9. The molecule has 0 fully saturated rings. The van der Waals surface area contributed by atoms with Gasteiger partial charge in [0.15, 0.2) is 0 Å². The van der Waals surface area contributed by atoms with Gasteiger partial charge in [-0.15, -0.1) is 0 Å². The lowest BCUT2D eigenvalue weighted by Crippen LogP contribution is -2.50. The number of alkyl carbamates (subject to hydrolysis) is 1. The van der Waals surface area contributed by atoms with Crippen LogP contribution in [-0.4, -0.2) is 40.8 Å². The number of carbonyl (C=O) groups is 2. The van der Waals surface area contributed by atoms with Crippen molar-refractivity contribution in [1.29, 1.82) is 0 Å². The van der Waals surface area contributed by atoms with E-state index in [0.29, 0.717) is 13.0 Å². The Morgan fingerprint density at radius 1 is 0.892 bits per heavy atom. The summed E-state index contributed by atoms with van der Waals surface area (Å²) in [6.45, 7) is 7.96. The molecule has 1 aromatic heterocycles. The smallest absolute Gasteiger partial charge is 0.407 e. The number of carbonyl (C=O) groups excluding carboxylic acids is 2. The van der Waals surface area contributed by atoms with Gasteiger partial charge in [0.05, 0.1) is 12.1 Å². The molecule has 0 aliphatic rings. The van der Waals surface area contributed by atoms with E-state index in [1.54, 1.807) is 12.4 Å². The Bertz CT molecular complexity index is 721. The summed E-state index contributed by atoms with van der Waals surface area (Å²) in [6.07, 6.45) is 19.0. The highest BCUT2D eigenvalue weighted by molar-refractivity contribution is 5.81. The number of unbranched alkanes of at least 4 members (excludes halogenated alkanes) is 12. The third-order valence-corrected chi connectivity index (χ3v) is 6.65. The Labute approximate surface area is 225 Å². The standard InChI is InChI=1S/C30H53N3O4/c1-5-6-7-8-9-10-11-12-13-14-15-16-17-18-27(34)26(33-28(35)30(2,3)4)24-37-29(36)32-23-25-19-21-31-22-20-25/h19-22,26-27,34H,5-18,23-24H2,1-4H3,(H,32,36)(H,33,35)/t26-,27-/m0/s1. The van der Waals surface area contributed by atoms with Crippen LogP contribution in [0.5, 0.6) is 0 Å². The number of hydrogen-bond acceptors (Lipinski definition) is 5. The lowest BCUT2D eigenvalue weighted by atomic mass is 9.94. The number of hydrogen-bond donors (Lipinski definition) is 3. The molecule has 2 amide bonds. The van der Waals surface area contributed by atoms with E-state index in [1.807, 2.05) is 32.9 Å². The molecule has 1 aromatic rings. The first-order chi connectivity index (χ1) is 17.7. The summed E-state index contributed by atoms with van der Waals surface area (Å²) in [7, 11) is 0. The summed E-state index contributed by atoms with van der Waals surface area (Å²) in [5, 5.41) is 16.4. The van der Waals surface area contributed by atoms with E-state index in [1.165, 1.54) is 64.2 Å². The number of aliphatic hydroxyl groups is 1. The molecule has 0 saturated heterocycles. The monoisotopic (exact) mass is 519 g/mol. The topological polar surface area (TPSA) is 101 Å². The molecule has 0 radical (unpaired) electrons. The Hall–Kier alpha value is -2.15. The van der Waals surface area contributed by atoms with Crippen LogP contribution in [0.2, 0.25) is 0 Å². The van der Waals surface area contributed by atoms with Gasteiger partial charge in [-0.2, -0.15) is 0 Å². The lowest BCUT2D eigenvalue weighted by molar-refractivity contribution is -0.130. The van der Waals surface area contributed by atoms with Crippen molar-refractivity contribution < 1.29 is 19.4 Å². The summed E-state index contributed by atoms with van der Waals surface area (Å²) in [5.74, 6) is -0.178. The highest BCUT2D eigenvalue weighted by atomic mass is 16.5. The Balaban J connectivity index is 2.29. The van der Waals surface area contributed by atoms with E-state index in [-0.39, 0.29) is 12.5 Å². The maximum absolute atomic E-state index is 12.5. The van der Waals surface area contributed by atoms with Crippen LogP contribution in [0.3, 0.4) is 0 Å². The first-order valence-corrected chi connectivity index (χ1v) is 14.5. The van der Waals surface area contributed by atoms with Crippen molar-refractivity contribution >= 4 is 12.0 Å². The van der Waals surface area contributed by atoms with Crippen molar-refractivity contribution in [3.63, 3.8) is 0 Å². The van der Waals surface area contributed by atoms with Gasteiger partial charge < -0.3 is 20.5 Å². The predicted molar refractivity (Wildman–Crippen MR) is 150 cm³/mol. The van der Waals surface area contributed by atoms with E-state index in [4.69, 9.17) is 4.74 Å². The molecule has 212 valence electrons. The van der Waals surface area contributed by atoms with Gasteiger partial charge in [0.2, 0.25) is 5.91 Å². The molecule has 7 nitrogen and oxygen atoms in total. The van der Waals surface area contributed by atoms with E-state index in [0.717, 1.165) is 24.8 Å². The molecule has 2 atom stereocenters. The second-order valence-electron chi connectivity index (χ2n) is 11.2. The molecule has 0 aliphatic carbocycles. The van der Waals surface area contributed by atoms with Crippen molar-refractivity contribution in [1.82, 2.24) is 15.6 Å². The van der Waals surface area contributed by atoms with E-state index < -0.39 is 23.7 Å². The molecule has 3 N–H and O–H groups in total. The molecular weight excluding hydrogens is 466 g/mol. The molecule has 0 bridgehead atoms. The van der Waals surface area contributed by atoms with E-state index in [2.05, 4.69) is 22.5 Å². The number of amides is 2. The van der Waals surface area contributed by atoms with Crippen molar-refractivity contribution in [2.45, 2.75) is 136 Å². The first kappa shape index (κ1) is 32.9. The van der Waals surface area contributed by atoms with E-state index in [9.17, 15) is 14.7 Å². The highest BCUT2D eigenvalue weighted by Gasteiger charge is 2.28. The normalized spacial score (nSPS) is 13.1. The maximum atomic E-state index is 12.5. The van der Waals surface area contributed by atoms with Gasteiger partial charge >= 0.3 is 6.09 Å². The fraction of sp³-hybridized carbons (Fsp3) is 0.767. The van der Waals surface area contributed by atoms with Gasteiger partial charge in [-0.25, -0.2) is 4.79 Å². The lowest BCUT2D eigenvalue weighted by Gasteiger charge is -2.27. The summed E-state index contributed by atoms with van der Waals surface area (Å²) in [6, 6.07) is 2.98. The molecular formula is C30H53N3O4. The summed E-state index contributed by atoms with van der Waals surface area (Å²) >= 11 is 0. The van der Waals surface area contributed by atoms with Crippen LogP contribution < -0.4 is 10.6 Å². The minimum Gasteiger partial charge on any atom is -0.447 e. The molecule has 0 aromatic carbocycles. The fourth-order valence-electron chi connectivity index (χ4n) is 4.10. The van der Waals surface area contributed by atoms with Crippen LogP contribution in [-0.2, 0) is 16.1 Å².